The highest BCUT2D eigenvalue weighted by Crippen LogP contribution is 2.12. The van der Waals surface area contributed by atoms with Crippen LogP contribution in [0, 0.1) is 0 Å². The average Bonchev–Trinajstić information content (AvgIpc) is 2.20. The molecule has 0 aliphatic carbocycles. The summed E-state index contributed by atoms with van der Waals surface area (Å²) < 4.78 is 8.98. The second kappa shape index (κ2) is 4.94. The van der Waals surface area contributed by atoms with Crippen molar-refractivity contribution in [3.05, 3.63) is 18.3 Å². The fraction of sp³-hybridized carbons (Fsp3) is 0.222. The van der Waals surface area contributed by atoms with Crippen LogP contribution >= 0.6 is 0 Å². The van der Waals surface area contributed by atoms with Crippen LogP contribution in [-0.4, -0.2) is 24.2 Å². The van der Waals surface area contributed by atoms with Gasteiger partial charge in [0.1, 0.15) is 5.82 Å². The Hall–Kier alpha value is -2.11. The Morgan fingerprint density at radius 1 is 1.40 bits per heavy atom. The second-order valence-corrected chi connectivity index (χ2v) is 2.62. The molecule has 1 rings (SSSR count). The van der Waals surface area contributed by atoms with E-state index in [-0.39, 0.29) is 11.7 Å². The van der Waals surface area contributed by atoms with Gasteiger partial charge in [-0.15, -0.1) is 0 Å². The Kier molecular flexibility index (Phi) is 3.61. The minimum Gasteiger partial charge on any atom is -0.437 e. The number of ether oxygens (including phenoxy) is 2. The number of aromatic nitrogens is 1. The molecule has 1 N–H and O–H groups in total. The van der Waals surface area contributed by atoms with Crippen LogP contribution in [0.5, 0.6) is 5.75 Å². The van der Waals surface area contributed by atoms with Crippen molar-refractivity contribution in [1.29, 1.82) is 0 Å². The fourth-order valence-electron chi connectivity index (χ4n) is 0.833. The van der Waals surface area contributed by atoms with Gasteiger partial charge in [0.05, 0.1) is 13.3 Å². The summed E-state index contributed by atoms with van der Waals surface area (Å²) >= 11 is 0. The van der Waals surface area contributed by atoms with E-state index in [9.17, 15) is 9.59 Å². The van der Waals surface area contributed by atoms with Gasteiger partial charge < -0.3 is 14.8 Å². The molecular formula is C9H10N2O4. The normalized spacial score (nSPS) is 9.20. The standard InChI is InChI=1S/C9H10N2O4/c1-6(12)11-8-4-3-7(5-10-8)15-9(13)14-2/h3-5H,1-2H3,(H,10,11,12). The third kappa shape index (κ3) is 3.63. The molecule has 0 radical (unpaired) electrons. The zero-order valence-corrected chi connectivity index (χ0v) is 8.31. The van der Waals surface area contributed by atoms with Gasteiger partial charge in [-0.05, 0) is 12.1 Å². The van der Waals surface area contributed by atoms with Crippen molar-refractivity contribution < 1.29 is 19.1 Å². The number of hydrogen-bond acceptors (Lipinski definition) is 5. The third-order valence-electron chi connectivity index (χ3n) is 1.41. The van der Waals surface area contributed by atoms with Crippen LogP contribution in [0.1, 0.15) is 6.92 Å². The zero-order valence-electron chi connectivity index (χ0n) is 8.31. The molecule has 6 nitrogen and oxygen atoms in total. The van der Waals surface area contributed by atoms with Crippen molar-refractivity contribution in [2.24, 2.45) is 0 Å². The number of carbonyl (C=O) groups is 2. The molecule has 1 amide bonds. The molecule has 0 saturated carbocycles. The maximum absolute atomic E-state index is 10.7. The number of nitrogens with one attached hydrogen (secondary N) is 1. The number of hydrogen-bond donors (Lipinski definition) is 1. The largest absolute Gasteiger partial charge is 0.513 e. The molecule has 0 aliphatic heterocycles. The minimum absolute atomic E-state index is 0.218. The smallest absolute Gasteiger partial charge is 0.437 e. The van der Waals surface area contributed by atoms with Gasteiger partial charge in [0.2, 0.25) is 5.91 Å². The number of carbonyl (C=O) groups excluding carboxylic acids is 2. The van der Waals surface area contributed by atoms with Crippen LogP contribution in [0.15, 0.2) is 18.3 Å². The first kappa shape index (κ1) is 11.0. The monoisotopic (exact) mass is 210 g/mol. The van der Waals surface area contributed by atoms with Crippen LogP contribution < -0.4 is 10.1 Å². The predicted octanol–water partition coefficient (Wildman–Crippen LogP) is 1.19. The van der Waals surface area contributed by atoms with Gasteiger partial charge in [-0.1, -0.05) is 0 Å². The zero-order chi connectivity index (χ0) is 11.3. The van der Waals surface area contributed by atoms with Gasteiger partial charge in [-0.3, -0.25) is 4.79 Å². The summed E-state index contributed by atoms with van der Waals surface area (Å²) in [6.45, 7) is 1.38. The van der Waals surface area contributed by atoms with Crippen molar-refractivity contribution in [2.45, 2.75) is 6.92 Å². The van der Waals surface area contributed by atoms with E-state index in [1.54, 1.807) is 0 Å². The lowest BCUT2D eigenvalue weighted by Gasteiger charge is -2.03. The van der Waals surface area contributed by atoms with E-state index in [2.05, 4.69) is 19.8 Å². The molecule has 0 atom stereocenters. The molecule has 1 aromatic rings. The van der Waals surface area contributed by atoms with Gasteiger partial charge >= 0.3 is 6.16 Å². The molecule has 80 valence electrons. The Bertz CT molecular complexity index is 361. The topological polar surface area (TPSA) is 77.5 Å². The van der Waals surface area contributed by atoms with Crippen molar-refractivity contribution in [1.82, 2.24) is 4.98 Å². The van der Waals surface area contributed by atoms with Crippen molar-refractivity contribution in [3.63, 3.8) is 0 Å². The first-order valence-electron chi connectivity index (χ1n) is 4.11. The highest BCUT2D eigenvalue weighted by atomic mass is 16.7. The number of anilines is 1. The molecule has 0 unspecified atom stereocenters. The van der Waals surface area contributed by atoms with Gasteiger partial charge in [-0.25, -0.2) is 9.78 Å². The lowest BCUT2D eigenvalue weighted by atomic mass is 10.4. The molecule has 0 bridgehead atoms. The molecular weight excluding hydrogens is 200 g/mol. The van der Waals surface area contributed by atoms with Crippen molar-refractivity contribution in [2.75, 3.05) is 12.4 Å². The number of rotatable bonds is 2. The Balaban J connectivity index is 2.64. The lowest BCUT2D eigenvalue weighted by Crippen LogP contribution is -2.09. The quantitative estimate of drug-likeness (QED) is 0.741. The third-order valence-corrected chi connectivity index (χ3v) is 1.41. The predicted molar refractivity (Wildman–Crippen MR) is 51.6 cm³/mol. The molecule has 1 aromatic heterocycles. The number of nitrogens with zero attached hydrogens (tertiary/aromatic N) is 1. The molecule has 1 heterocycles. The molecule has 15 heavy (non-hydrogen) atoms. The van der Waals surface area contributed by atoms with Crippen LogP contribution in [0.25, 0.3) is 0 Å². The maximum atomic E-state index is 10.7. The molecule has 0 fully saturated rings. The fourth-order valence-corrected chi connectivity index (χ4v) is 0.833. The highest BCUT2D eigenvalue weighted by Gasteiger charge is 2.04. The van der Waals surface area contributed by atoms with Crippen LogP contribution in [0.2, 0.25) is 0 Å². The van der Waals surface area contributed by atoms with Gasteiger partial charge in [0.15, 0.2) is 5.75 Å². The number of pyridine rings is 1. The van der Waals surface area contributed by atoms with E-state index in [0.29, 0.717) is 5.82 Å². The molecule has 0 aromatic carbocycles. The maximum Gasteiger partial charge on any atom is 0.513 e. The van der Waals surface area contributed by atoms with Crippen LogP contribution in [-0.2, 0) is 9.53 Å². The Labute approximate surface area is 86.2 Å². The number of methoxy groups -OCH3 is 1. The Morgan fingerprint density at radius 2 is 2.13 bits per heavy atom. The van der Waals surface area contributed by atoms with E-state index in [0.717, 1.165) is 0 Å². The van der Waals surface area contributed by atoms with Gasteiger partial charge in [-0.2, -0.15) is 0 Å². The van der Waals surface area contributed by atoms with Crippen LogP contribution in [0.3, 0.4) is 0 Å². The van der Waals surface area contributed by atoms with E-state index < -0.39 is 6.16 Å². The average molecular weight is 210 g/mol. The highest BCUT2D eigenvalue weighted by molar-refractivity contribution is 5.87. The molecule has 0 saturated heterocycles. The Morgan fingerprint density at radius 3 is 2.60 bits per heavy atom. The summed E-state index contributed by atoms with van der Waals surface area (Å²) in [6, 6.07) is 3.01. The first-order valence-corrected chi connectivity index (χ1v) is 4.11. The SMILES string of the molecule is COC(=O)Oc1ccc(NC(C)=O)nc1. The second-order valence-electron chi connectivity index (χ2n) is 2.62. The lowest BCUT2D eigenvalue weighted by molar-refractivity contribution is -0.114. The summed E-state index contributed by atoms with van der Waals surface area (Å²) in [4.78, 5) is 25.2. The summed E-state index contributed by atoms with van der Waals surface area (Å²) in [5, 5.41) is 2.48. The molecule has 6 heteroatoms. The van der Waals surface area contributed by atoms with Crippen molar-refractivity contribution >= 4 is 17.9 Å². The van der Waals surface area contributed by atoms with E-state index >= 15 is 0 Å². The van der Waals surface area contributed by atoms with Gasteiger partial charge in [0.25, 0.3) is 0 Å². The van der Waals surface area contributed by atoms with E-state index in [1.165, 1.54) is 32.4 Å². The van der Waals surface area contributed by atoms with E-state index in [4.69, 9.17) is 0 Å². The molecule has 0 spiro atoms. The summed E-state index contributed by atoms with van der Waals surface area (Å²) in [5.74, 6) is 0.416. The minimum atomic E-state index is -0.816. The van der Waals surface area contributed by atoms with E-state index in [1.807, 2.05) is 0 Å². The first-order chi connectivity index (χ1) is 7.11. The summed E-state index contributed by atoms with van der Waals surface area (Å²) in [7, 11) is 1.21. The summed E-state index contributed by atoms with van der Waals surface area (Å²) in [5.41, 5.74) is 0. The van der Waals surface area contributed by atoms with Gasteiger partial charge in [0, 0.05) is 6.92 Å². The van der Waals surface area contributed by atoms with Crippen LogP contribution in [0.4, 0.5) is 10.6 Å². The summed E-state index contributed by atoms with van der Waals surface area (Å²) in [6.07, 6.45) is 0.492. The van der Waals surface area contributed by atoms with Crippen molar-refractivity contribution in [3.8, 4) is 5.75 Å². The molecule has 0 aliphatic rings. The number of amides is 1.